The SMILES string of the molecule is Cc1ccccc1CNC(=O)c1ccc(Cn2ccnc2)cc1. The van der Waals surface area contributed by atoms with Crippen molar-refractivity contribution in [1.29, 1.82) is 0 Å². The third-order valence-electron chi connectivity index (χ3n) is 3.84. The van der Waals surface area contributed by atoms with Gasteiger partial charge >= 0.3 is 0 Å². The van der Waals surface area contributed by atoms with Crippen LogP contribution in [0.15, 0.2) is 67.3 Å². The first kappa shape index (κ1) is 15.0. The molecule has 0 radical (unpaired) electrons. The van der Waals surface area contributed by atoms with E-state index in [4.69, 9.17) is 0 Å². The summed E-state index contributed by atoms with van der Waals surface area (Å²) in [6, 6.07) is 15.7. The summed E-state index contributed by atoms with van der Waals surface area (Å²) < 4.78 is 1.99. The number of aryl methyl sites for hydroxylation is 1. The van der Waals surface area contributed by atoms with Crippen molar-refractivity contribution in [1.82, 2.24) is 14.9 Å². The number of aromatic nitrogens is 2. The van der Waals surface area contributed by atoms with E-state index >= 15 is 0 Å². The van der Waals surface area contributed by atoms with Crippen LogP contribution in [0.25, 0.3) is 0 Å². The molecule has 0 atom stereocenters. The van der Waals surface area contributed by atoms with E-state index in [2.05, 4.69) is 10.3 Å². The topological polar surface area (TPSA) is 46.9 Å². The molecule has 3 rings (SSSR count). The van der Waals surface area contributed by atoms with Crippen LogP contribution in [0.5, 0.6) is 0 Å². The molecule has 3 aromatic rings. The van der Waals surface area contributed by atoms with Crippen LogP contribution >= 0.6 is 0 Å². The molecule has 0 aliphatic heterocycles. The van der Waals surface area contributed by atoms with E-state index in [-0.39, 0.29) is 5.91 Å². The number of carbonyl (C=O) groups excluding carboxylic acids is 1. The van der Waals surface area contributed by atoms with Crippen LogP contribution < -0.4 is 5.32 Å². The molecule has 0 unspecified atom stereocenters. The van der Waals surface area contributed by atoms with Crippen molar-refractivity contribution < 1.29 is 4.79 Å². The minimum Gasteiger partial charge on any atom is -0.348 e. The Morgan fingerprint density at radius 3 is 2.61 bits per heavy atom. The Labute approximate surface area is 135 Å². The van der Waals surface area contributed by atoms with Crippen molar-refractivity contribution in [3.8, 4) is 0 Å². The first-order valence-electron chi connectivity index (χ1n) is 7.60. The monoisotopic (exact) mass is 305 g/mol. The summed E-state index contributed by atoms with van der Waals surface area (Å²) in [6.45, 7) is 3.35. The van der Waals surface area contributed by atoms with Crippen LogP contribution in [0.3, 0.4) is 0 Å². The highest BCUT2D eigenvalue weighted by Gasteiger charge is 2.06. The number of nitrogens with one attached hydrogen (secondary N) is 1. The zero-order valence-electron chi connectivity index (χ0n) is 13.1. The van der Waals surface area contributed by atoms with E-state index in [0.29, 0.717) is 12.1 Å². The molecule has 2 aromatic carbocycles. The maximum absolute atomic E-state index is 12.2. The third-order valence-corrected chi connectivity index (χ3v) is 3.84. The van der Waals surface area contributed by atoms with Gasteiger partial charge in [-0.1, -0.05) is 36.4 Å². The molecule has 1 N–H and O–H groups in total. The van der Waals surface area contributed by atoms with Crippen molar-refractivity contribution in [2.75, 3.05) is 0 Å². The molecule has 0 saturated heterocycles. The zero-order valence-corrected chi connectivity index (χ0v) is 13.1. The minimum atomic E-state index is -0.0533. The van der Waals surface area contributed by atoms with Crippen LogP contribution in [0.1, 0.15) is 27.0 Å². The van der Waals surface area contributed by atoms with Gasteiger partial charge in [0.1, 0.15) is 0 Å². The number of amides is 1. The van der Waals surface area contributed by atoms with E-state index in [1.807, 2.05) is 66.2 Å². The number of hydrogen-bond acceptors (Lipinski definition) is 2. The predicted molar refractivity (Wildman–Crippen MR) is 90.1 cm³/mol. The van der Waals surface area contributed by atoms with Crippen molar-refractivity contribution in [3.05, 3.63) is 89.5 Å². The Hall–Kier alpha value is -2.88. The van der Waals surface area contributed by atoms with Gasteiger partial charge in [0.05, 0.1) is 6.33 Å². The van der Waals surface area contributed by atoms with Crippen molar-refractivity contribution >= 4 is 5.91 Å². The molecule has 4 nitrogen and oxygen atoms in total. The second-order valence-corrected chi connectivity index (χ2v) is 5.54. The summed E-state index contributed by atoms with van der Waals surface area (Å²) >= 11 is 0. The lowest BCUT2D eigenvalue weighted by molar-refractivity contribution is 0.0951. The second-order valence-electron chi connectivity index (χ2n) is 5.54. The molecule has 4 heteroatoms. The maximum Gasteiger partial charge on any atom is 0.251 e. The fourth-order valence-electron chi connectivity index (χ4n) is 2.44. The summed E-state index contributed by atoms with van der Waals surface area (Å²) in [5, 5.41) is 2.97. The number of nitrogens with zero attached hydrogens (tertiary/aromatic N) is 2. The van der Waals surface area contributed by atoms with Crippen LogP contribution in [-0.4, -0.2) is 15.5 Å². The quantitative estimate of drug-likeness (QED) is 0.787. The summed E-state index contributed by atoms with van der Waals surface area (Å²) in [5.41, 5.74) is 4.13. The lowest BCUT2D eigenvalue weighted by Crippen LogP contribution is -2.23. The number of hydrogen-bond donors (Lipinski definition) is 1. The van der Waals surface area contributed by atoms with Crippen LogP contribution in [-0.2, 0) is 13.1 Å². The maximum atomic E-state index is 12.2. The number of carbonyl (C=O) groups is 1. The average molecular weight is 305 g/mol. The first-order valence-corrected chi connectivity index (χ1v) is 7.60. The molecule has 0 aliphatic carbocycles. The molecule has 0 aliphatic rings. The Morgan fingerprint density at radius 1 is 1.13 bits per heavy atom. The van der Waals surface area contributed by atoms with Gasteiger partial charge in [-0.3, -0.25) is 4.79 Å². The lowest BCUT2D eigenvalue weighted by Gasteiger charge is -2.08. The van der Waals surface area contributed by atoms with Gasteiger partial charge in [0.25, 0.3) is 5.91 Å². The largest absolute Gasteiger partial charge is 0.348 e. The molecule has 1 amide bonds. The number of rotatable bonds is 5. The van der Waals surface area contributed by atoms with Gasteiger partial charge in [-0.2, -0.15) is 0 Å². The molecule has 23 heavy (non-hydrogen) atoms. The molecule has 0 spiro atoms. The van der Waals surface area contributed by atoms with Gasteiger partial charge in [-0.05, 0) is 35.7 Å². The van der Waals surface area contributed by atoms with Crippen molar-refractivity contribution in [2.24, 2.45) is 0 Å². The summed E-state index contributed by atoms with van der Waals surface area (Å²) in [4.78, 5) is 16.3. The molecular weight excluding hydrogens is 286 g/mol. The van der Waals surface area contributed by atoms with Gasteiger partial charge in [0.2, 0.25) is 0 Å². The minimum absolute atomic E-state index is 0.0533. The fourth-order valence-corrected chi connectivity index (χ4v) is 2.44. The molecule has 1 aromatic heterocycles. The smallest absolute Gasteiger partial charge is 0.251 e. The Balaban J connectivity index is 1.60. The van der Waals surface area contributed by atoms with Crippen molar-refractivity contribution in [3.63, 3.8) is 0 Å². The van der Waals surface area contributed by atoms with Gasteiger partial charge in [-0.15, -0.1) is 0 Å². The average Bonchev–Trinajstić information content (AvgIpc) is 3.07. The summed E-state index contributed by atoms with van der Waals surface area (Å²) in [5.74, 6) is -0.0533. The number of benzene rings is 2. The first-order chi connectivity index (χ1) is 11.2. The van der Waals surface area contributed by atoms with E-state index in [1.54, 1.807) is 12.5 Å². The number of imidazole rings is 1. The Bertz CT molecular complexity index is 777. The highest BCUT2D eigenvalue weighted by atomic mass is 16.1. The van der Waals surface area contributed by atoms with E-state index < -0.39 is 0 Å². The zero-order chi connectivity index (χ0) is 16.1. The van der Waals surface area contributed by atoms with Crippen LogP contribution in [0.4, 0.5) is 0 Å². The van der Waals surface area contributed by atoms with Gasteiger partial charge in [0.15, 0.2) is 0 Å². The molecule has 116 valence electrons. The molecule has 1 heterocycles. The van der Waals surface area contributed by atoms with Gasteiger partial charge < -0.3 is 9.88 Å². The van der Waals surface area contributed by atoms with Crippen LogP contribution in [0.2, 0.25) is 0 Å². The molecule has 0 bridgehead atoms. The van der Waals surface area contributed by atoms with E-state index in [1.165, 1.54) is 5.56 Å². The summed E-state index contributed by atoms with van der Waals surface area (Å²) in [7, 11) is 0. The third kappa shape index (κ3) is 3.86. The van der Waals surface area contributed by atoms with E-state index in [9.17, 15) is 4.79 Å². The summed E-state index contributed by atoms with van der Waals surface area (Å²) in [6.07, 6.45) is 5.46. The van der Waals surface area contributed by atoms with Gasteiger partial charge in [-0.25, -0.2) is 4.98 Å². The highest BCUT2D eigenvalue weighted by Crippen LogP contribution is 2.09. The molecule has 0 fully saturated rings. The second kappa shape index (κ2) is 6.92. The molecule has 0 saturated carbocycles. The van der Waals surface area contributed by atoms with Gasteiger partial charge in [0, 0.05) is 31.0 Å². The Kier molecular flexibility index (Phi) is 4.52. The highest BCUT2D eigenvalue weighted by molar-refractivity contribution is 5.94. The fraction of sp³-hybridized carbons (Fsp3) is 0.158. The van der Waals surface area contributed by atoms with Crippen LogP contribution in [0, 0.1) is 6.92 Å². The van der Waals surface area contributed by atoms with E-state index in [0.717, 1.165) is 17.7 Å². The molecular formula is C19H19N3O. The van der Waals surface area contributed by atoms with Crippen molar-refractivity contribution in [2.45, 2.75) is 20.0 Å². The predicted octanol–water partition coefficient (Wildman–Crippen LogP) is 3.17. The lowest BCUT2D eigenvalue weighted by atomic mass is 10.1. The standard InChI is InChI=1S/C19H19N3O/c1-15-4-2-3-5-18(15)12-21-19(23)17-8-6-16(7-9-17)13-22-11-10-20-14-22/h2-11,14H,12-13H2,1H3,(H,21,23). The normalized spacial score (nSPS) is 10.5. The Morgan fingerprint density at radius 2 is 1.91 bits per heavy atom.